The Morgan fingerprint density at radius 3 is 2.79 bits per heavy atom. The Bertz CT molecular complexity index is 1130. The highest BCUT2D eigenvalue weighted by Gasteiger charge is 2.34. The number of hydrogen-bond donors (Lipinski definition) is 2. The Morgan fingerprint density at radius 2 is 2.00 bits per heavy atom. The molecule has 0 amide bonds. The highest BCUT2D eigenvalue weighted by atomic mass is 32.1. The van der Waals surface area contributed by atoms with E-state index < -0.39 is 0 Å². The number of aromatic nitrogens is 5. The second-order valence-electron chi connectivity index (χ2n) is 7.80. The summed E-state index contributed by atoms with van der Waals surface area (Å²) in [5, 5.41) is 19.7. The number of anilines is 1. The van der Waals surface area contributed by atoms with Crippen LogP contribution in [0.15, 0.2) is 42.2 Å². The Morgan fingerprint density at radius 1 is 1.07 bits per heavy atom. The van der Waals surface area contributed by atoms with Crippen molar-refractivity contribution in [3.05, 3.63) is 42.2 Å². The van der Waals surface area contributed by atoms with Gasteiger partial charge in [-0.3, -0.25) is 5.10 Å². The van der Waals surface area contributed by atoms with Gasteiger partial charge in [-0.05, 0) is 30.9 Å². The number of H-pyrrole nitrogens is 1. The second kappa shape index (κ2) is 6.89. The predicted molar refractivity (Wildman–Crippen MR) is 115 cm³/mol. The molecule has 146 valence electrons. The van der Waals surface area contributed by atoms with E-state index in [1.165, 1.54) is 12.8 Å². The standard InChI is InChI=1S/C21H21N7S/c1-2-13(1)18-11-28(8-7-22-18)19-6-5-17(26-27-19)16-4-3-15(14-9-24-25-10-14)20-21(16)29-12-23-20/h3-6,9-10,12-13,18,22H,1-2,7-8,11H2,(H,24,25)/t18-/m0/s1. The Kier molecular flexibility index (Phi) is 4.05. The van der Waals surface area contributed by atoms with Crippen LogP contribution >= 0.6 is 11.3 Å². The van der Waals surface area contributed by atoms with Crippen molar-refractivity contribution in [3.63, 3.8) is 0 Å². The number of hydrogen-bond acceptors (Lipinski definition) is 7. The lowest BCUT2D eigenvalue weighted by molar-refractivity contribution is 0.416. The van der Waals surface area contributed by atoms with Crippen molar-refractivity contribution in [2.45, 2.75) is 18.9 Å². The largest absolute Gasteiger partial charge is 0.352 e. The molecule has 2 N–H and O–H groups in total. The van der Waals surface area contributed by atoms with Crippen molar-refractivity contribution >= 4 is 27.4 Å². The van der Waals surface area contributed by atoms with E-state index in [0.29, 0.717) is 6.04 Å². The fourth-order valence-corrected chi connectivity index (χ4v) is 5.06. The maximum atomic E-state index is 4.60. The average molecular weight is 404 g/mol. The monoisotopic (exact) mass is 403 g/mol. The second-order valence-corrected chi connectivity index (χ2v) is 8.65. The third kappa shape index (κ3) is 3.08. The van der Waals surface area contributed by atoms with E-state index >= 15 is 0 Å². The van der Waals surface area contributed by atoms with Crippen LogP contribution in [0.2, 0.25) is 0 Å². The van der Waals surface area contributed by atoms with E-state index in [1.54, 1.807) is 11.3 Å². The molecule has 4 heterocycles. The number of nitrogens with zero attached hydrogens (tertiary/aromatic N) is 5. The van der Waals surface area contributed by atoms with Crippen molar-refractivity contribution in [2.75, 3.05) is 24.5 Å². The number of fused-ring (bicyclic) bond motifs is 1. The van der Waals surface area contributed by atoms with Gasteiger partial charge in [0.1, 0.15) is 0 Å². The molecule has 1 aromatic carbocycles. The number of aromatic amines is 1. The number of nitrogens with one attached hydrogen (secondary N) is 2. The summed E-state index contributed by atoms with van der Waals surface area (Å²) >= 11 is 1.63. The van der Waals surface area contributed by atoms with E-state index in [4.69, 9.17) is 0 Å². The Balaban J connectivity index is 1.31. The molecule has 1 aliphatic carbocycles. The van der Waals surface area contributed by atoms with Crippen LogP contribution in [-0.4, -0.2) is 51.1 Å². The SMILES string of the molecule is c1nc2c(-c3cn[nH]c3)ccc(-c3ccc(N4CCN[C@H](C5CC5)C4)nn3)c2s1. The molecule has 0 unspecified atom stereocenters. The number of thiazole rings is 1. The molecule has 2 fully saturated rings. The van der Waals surface area contributed by atoms with E-state index in [2.05, 4.69) is 59.9 Å². The summed E-state index contributed by atoms with van der Waals surface area (Å²) in [7, 11) is 0. The number of piperazine rings is 1. The fraction of sp³-hybridized carbons (Fsp3) is 0.333. The molecule has 7 nitrogen and oxygen atoms in total. The minimum Gasteiger partial charge on any atom is -0.352 e. The van der Waals surface area contributed by atoms with Crippen LogP contribution in [-0.2, 0) is 0 Å². The lowest BCUT2D eigenvalue weighted by Gasteiger charge is -2.34. The van der Waals surface area contributed by atoms with Crippen molar-refractivity contribution in [3.8, 4) is 22.4 Å². The maximum absolute atomic E-state index is 4.60. The minimum absolute atomic E-state index is 0.595. The van der Waals surface area contributed by atoms with Gasteiger partial charge in [0.05, 0.1) is 27.6 Å². The van der Waals surface area contributed by atoms with Gasteiger partial charge in [0.15, 0.2) is 5.82 Å². The third-order valence-electron chi connectivity index (χ3n) is 5.94. The quantitative estimate of drug-likeness (QED) is 0.544. The maximum Gasteiger partial charge on any atom is 0.151 e. The van der Waals surface area contributed by atoms with E-state index in [-0.39, 0.29) is 0 Å². The molecule has 0 spiro atoms. The van der Waals surface area contributed by atoms with Gasteiger partial charge < -0.3 is 10.2 Å². The van der Waals surface area contributed by atoms with Crippen LogP contribution in [0.4, 0.5) is 5.82 Å². The first-order valence-corrected chi connectivity index (χ1v) is 10.9. The molecule has 2 aliphatic rings. The molecule has 1 saturated heterocycles. The van der Waals surface area contributed by atoms with Gasteiger partial charge in [0, 0.05) is 48.6 Å². The third-order valence-corrected chi connectivity index (χ3v) is 6.80. The van der Waals surface area contributed by atoms with Crippen molar-refractivity contribution in [1.29, 1.82) is 0 Å². The predicted octanol–water partition coefficient (Wildman–Crippen LogP) is 3.33. The summed E-state index contributed by atoms with van der Waals surface area (Å²) in [6, 6.07) is 8.99. The summed E-state index contributed by atoms with van der Waals surface area (Å²) in [5.41, 5.74) is 6.95. The molecule has 0 bridgehead atoms. The molecule has 1 aliphatic heterocycles. The van der Waals surface area contributed by atoms with Crippen LogP contribution < -0.4 is 10.2 Å². The number of benzene rings is 1. The average Bonchev–Trinajstić information content (AvgIpc) is 3.26. The van der Waals surface area contributed by atoms with Gasteiger partial charge in [-0.1, -0.05) is 12.1 Å². The Labute approximate surface area is 172 Å². The summed E-state index contributed by atoms with van der Waals surface area (Å²) in [5.74, 6) is 1.81. The molecule has 3 aromatic heterocycles. The fourth-order valence-electron chi connectivity index (χ4n) is 4.22. The van der Waals surface area contributed by atoms with Crippen molar-refractivity contribution < 1.29 is 0 Å². The minimum atomic E-state index is 0.595. The topological polar surface area (TPSA) is 82.6 Å². The zero-order chi connectivity index (χ0) is 19.2. The van der Waals surface area contributed by atoms with Crippen LogP contribution in [0.3, 0.4) is 0 Å². The molecular weight excluding hydrogens is 382 g/mol. The van der Waals surface area contributed by atoms with Crippen LogP contribution in [0.25, 0.3) is 32.6 Å². The smallest absolute Gasteiger partial charge is 0.151 e. The summed E-state index contributed by atoms with van der Waals surface area (Å²) in [6.45, 7) is 3.02. The zero-order valence-electron chi connectivity index (χ0n) is 15.9. The van der Waals surface area contributed by atoms with Crippen LogP contribution in [0.5, 0.6) is 0 Å². The lowest BCUT2D eigenvalue weighted by atomic mass is 10.0. The van der Waals surface area contributed by atoms with Gasteiger partial charge in [-0.2, -0.15) is 5.10 Å². The van der Waals surface area contributed by atoms with E-state index in [9.17, 15) is 0 Å². The first-order valence-electron chi connectivity index (χ1n) is 10.0. The first-order chi connectivity index (χ1) is 14.4. The molecule has 8 heteroatoms. The van der Waals surface area contributed by atoms with Crippen LogP contribution in [0.1, 0.15) is 12.8 Å². The van der Waals surface area contributed by atoms with Gasteiger partial charge in [-0.15, -0.1) is 21.5 Å². The van der Waals surface area contributed by atoms with Gasteiger partial charge in [-0.25, -0.2) is 4.98 Å². The number of rotatable bonds is 4. The summed E-state index contributed by atoms with van der Waals surface area (Å²) in [6.07, 6.45) is 6.43. The first kappa shape index (κ1) is 17.1. The summed E-state index contributed by atoms with van der Waals surface area (Å²) < 4.78 is 1.13. The van der Waals surface area contributed by atoms with Gasteiger partial charge >= 0.3 is 0 Å². The summed E-state index contributed by atoms with van der Waals surface area (Å²) in [4.78, 5) is 6.96. The van der Waals surface area contributed by atoms with Crippen molar-refractivity contribution in [2.24, 2.45) is 5.92 Å². The van der Waals surface area contributed by atoms with Crippen LogP contribution in [0, 0.1) is 5.92 Å². The highest BCUT2D eigenvalue weighted by Crippen LogP contribution is 2.37. The highest BCUT2D eigenvalue weighted by molar-refractivity contribution is 7.17. The van der Waals surface area contributed by atoms with Gasteiger partial charge in [0.25, 0.3) is 0 Å². The normalized spacial score (nSPS) is 19.7. The zero-order valence-corrected chi connectivity index (χ0v) is 16.7. The van der Waals surface area contributed by atoms with Gasteiger partial charge in [0.2, 0.25) is 0 Å². The molecule has 6 rings (SSSR count). The molecule has 4 aromatic rings. The molecular formula is C21H21N7S. The lowest BCUT2D eigenvalue weighted by Crippen LogP contribution is -2.52. The molecule has 1 saturated carbocycles. The Hall–Kier alpha value is -2.84. The molecule has 0 radical (unpaired) electrons. The van der Waals surface area contributed by atoms with Crippen molar-refractivity contribution in [1.82, 2.24) is 30.7 Å². The molecule has 29 heavy (non-hydrogen) atoms. The van der Waals surface area contributed by atoms with E-state index in [1.807, 2.05) is 17.9 Å². The molecule has 1 atom stereocenters. The van der Waals surface area contributed by atoms with E-state index in [0.717, 1.165) is 64.0 Å².